The van der Waals surface area contributed by atoms with Gasteiger partial charge in [0.25, 0.3) is 0 Å². The molecule has 1 N–H and O–H groups in total. The zero-order valence-corrected chi connectivity index (χ0v) is 10.4. The summed E-state index contributed by atoms with van der Waals surface area (Å²) in [5.41, 5.74) is 0. The van der Waals surface area contributed by atoms with Gasteiger partial charge in [-0.3, -0.25) is 0 Å². The maximum absolute atomic E-state index is 10.3. The molecule has 0 bridgehead atoms. The smallest absolute Gasteiger partial charge is 1.00 e. The Bertz CT molecular complexity index is 101. The van der Waals surface area contributed by atoms with Crippen molar-refractivity contribution >= 4 is 5.97 Å². The van der Waals surface area contributed by atoms with Gasteiger partial charge in [-0.15, -0.1) is 0 Å². The molecule has 3 nitrogen and oxygen atoms in total. The molecule has 0 fully saturated rings. The van der Waals surface area contributed by atoms with Crippen molar-refractivity contribution in [2.75, 3.05) is 13.2 Å². The van der Waals surface area contributed by atoms with Crippen LogP contribution in [0.25, 0.3) is 0 Å². The molecule has 0 atom stereocenters. The van der Waals surface area contributed by atoms with E-state index in [9.17, 15) is 4.79 Å². The molecule has 0 heterocycles. The fraction of sp³-hybridized carbons (Fsp3) is 0.857. The van der Waals surface area contributed by atoms with Crippen LogP contribution in [0.15, 0.2) is 0 Å². The summed E-state index contributed by atoms with van der Waals surface area (Å²) in [6.07, 6.45) is 3.07. The number of ether oxygens (including phenoxy) is 1. The number of hydrogen-bond donors (Lipinski definition) is 1. The Balaban J connectivity index is -0.000000405. The van der Waals surface area contributed by atoms with Crippen LogP contribution in [0.3, 0.4) is 0 Å². The molecule has 0 aliphatic rings. The minimum absolute atomic E-state index is 0. The average Bonchev–Trinajstić information content (AvgIpc) is 1.98. The first-order valence-corrected chi connectivity index (χ1v) is 3.57. The second-order valence-electron chi connectivity index (χ2n) is 2.09. The van der Waals surface area contributed by atoms with Gasteiger partial charge in [0.2, 0.25) is 0 Å². The van der Waals surface area contributed by atoms with Gasteiger partial charge >= 0.3 is 57.4 Å². The monoisotopic (exact) mass is 186 g/mol. The molecule has 0 aromatic heterocycles. The molecule has 4 heteroatoms. The third kappa shape index (κ3) is 11.1. The van der Waals surface area contributed by atoms with Crippen LogP contribution < -0.4 is 51.4 Å². The molecule has 0 rings (SSSR count). The molecule has 11 heavy (non-hydrogen) atoms. The van der Waals surface area contributed by atoms with Gasteiger partial charge in [-0.25, -0.2) is 4.79 Å². The van der Waals surface area contributed by atoms with Crippen LogP contribution in [0.2, 0.25) is 0 Å². The number of hydrogen-bond acceptors (Lipinski definition) is 3. The van der Waals surface area contributed by atoms with E-state index in [4.69, 9.17) is 5.11 Å². The quantitative estimate of drug-likeness (QED) is 0.302. The maximum Gasteiger partial charge on any atom is 1.00 e. The minimum atomic E-state index is -0.531. The second-order valence-corrected chi connectivity index (χ2v) is 2.09. The molecule has 0 aromatic rings. The first-order chi connectivity index (χ1) is 4.81. The van der Waals surface area contributed by atoms with E-state index in [0.717, 1.165) is 19.3 Å². The van der Waals surface area contributed by atoms with Crippen molar-refractivity contribution in [3.63, 3.8) is 0 Å². The second kappa shape index (κ2) is 11.1. The number of carbonyl (C=O) groups is 1. The Morgan fingerprint density at radius 2 is 2.18 bits per heavy atom. The van der Waals surface area contributed by atoms with Gasteiger partial charge in [0.1, 0.15) is 6.61 Å². The Labute approximate surface area is 111 Å². The summed E-state index contributed by atoms with van der Waals surface area (Å²) in [4.78, 5) is 10.3. The van der Waals surface area contributed by atoms with Gasteiger partial charge in [0, 0.05) is 0 Å². The van der Waals surface area contributed by atoms with Crippen molar-refractivity contribution < 1.29 is 67.4 Å². The van der Waals surface area contributed by atoms with E-state index in [0.29, 0.717) is 6.61 Å². The molecule has 0 saturated heterocycles. The molecule has 0 unspecified atom stereocenters. The fourth-order valence-corrected chi connectivity index (χ4v) is 0.584. The van der Waals surface area contributed by atoms with E-state index in [1.165, 1.54) is 0 Å². The summed E-state index contributed by atoms with van der Waals surface area (Å²) in [5, 5.41) is 8.22. The fourth-order valence-electron chi connectivity index (χ4n) is 0.584. The molecule has 0 radical (unpaired) electrons. The van der Waals surface area contributed by atoms with Crippen LogP contribution >= 0.6 is 0 Å². The van der Waals surface area contributed by atoms with Gasteiger partial charge < -0.3 is 11.3 Å². The first kappa shape index (κ1) is 14.6. The standard InChI is InChI=1S/C7H14O3.K.H/c1-2-3-4-5-10-7(9)6-8;;/h8H,2-6H2,1H3;;/q;+1;-1. The molecule has 0 amide bonds. The molecular weight excluding hydrogens is 171 g/mol. The van der Waals surface area contributed by atoms with Crippen molar-refractivity contribution in [1.82, 2.24) is 0 Å². The normalized spacial score (nSPS) is 8.55. The molecule has 0 aliphatic heterocycles. The molecule has 62 valence electrons. The number of unbranched alkanes of at least 4 members (excludes halogenated alkanes) is 2. The van der Waals surface area contributed by atoms with E-state index >= 15 is 0 Å². The number of rotatable bonds is 5. The summed E-state index contributed by atoms with van der Waals surface area (Å²) >= 11 is 0. The summed E-state index contributed by atoms with van der Waals surface area (Å²) < 4.78 is 4.60. The average molecular weight is 186 g/mol. The number of aliphatic hydroxyl groups is 1. The molecule has 0 aliphatic carbocycles. The van der Waals surface area contributed by atoms with Crippen LogP contribution in [-0.2, 0) is 9.53 Å². The van der Waals surface area contributed by atoms with E-state index in [1.807, 2.05) is 0 Å². The Hall–Kier alpha value is 1.07. The van der Waals surface area contributed by atoms with Gasteiger partial charge in [0.05, 0.1) is 6.61 Å². The Morgan fingerprint density at radius 1 is 1.55 bits per heavy atom. The van der Waals surface area contributed by atoms with E-state index in [1.54, 1.807) is 0 Å². The third-order valence-electron chi connectivity index (χ3n) is 1.14. The molecule has 0 aromatic carbocycles. The van der Waals surface area contributed by atoms with Crippen molar-refractivity contribution in [3.05, 3.63) is 0 Å². The number of esters is 1. The molecule has 0 spiro atoms. The number of aliphatic hydroxyl groups excluding tert-OH is 1. The summed E-state index contributed by atoms with van der Waals surface area (Å²) in [6.45, 7) is 2.01. The molecule has 0 saturated carbocycles. The van der Waals surface area contributed by atoms with Crippen molar-refractivity contribution in [3.8, 4) is 0 Å². The third-order valence-corrected chi connectivity index (χ3v) is 1.14. The van der Waals surface area contributed by atoms with Crippen molar-refractivity contribution in [2.45, 2.75) is 26.2 Å². The predicted octanol–water partition coefficient (Wildman–Crippen LogP) is -2.17. The maximum atomic E-state index is 10.3. The van der Waals surface area contributed by atoms with Crippen LogP contribution in [0.5, 0.6) is 0 Å². The van der Waals surface area contributed by atoms with Crippen LogP contribution in [-0.4, -0.2) is 24.3 Å². The zero-order chi connectivity index (χ0) is 7.82. The van der Waals surface area contributed by atoms with E-state index in [2.05, 4.69) is 11.7 Å². The minimum Gasteiger partial charge on any atom is -1.00 e. The molecular formula is C7H15KO3. The predicted molar refractivity (Wildman–Crippen MR) is 38.7 cm³/mol. The SMILES string of the molecule is CCCCCOC(=O)CO.[H-].[K+]. The van der Waals surface area contributed by atoms with Crippen molar-refractivity contribution in [1.29, 1.82) is 0 Å². The largest absolute Gasteiger partial charge is 1.00 e. The summed E-state index contributed by atoms with van der Waals surface area (Å²) in [5.74, 6) is -0.531. The first-order valence-electron chi connectivity index (χ1n) is 3.57. The van der Waals surface area contributed by atoms with Crippen LogP contribution in [0.4, 0.5) is 0 Å². The summed E-state index contributed by atoms with van der Waals surface area (Å²) in [7, 11) is 0. The van der Waals surface area contributed by atoms with E-state index in [-0.39, 0.29) is 52.8 Å². The Morgan fingerprint density at radius 3 is 2.64 bits per heavy atom. The van der Waals surface area contributed by atoms with Gasteiger partial charge in [0.15, 0.2) is 0 Å². The van der Waals surface area contributed by atoms with Crippen LogP contribution in [0.1, 0.15) is 27.6 Å². The summed E-state index contributed by atoms with van der Waals surface area (Å²) in [6, 6.07) is 0. The van der Waals surface area contributed by atoms with Gasteiger partial charge in [-0.2, -0.15) is 0 Å². The van der Waals surface area contributed by atoms with Gasteiger partial charge in [-0.05, 0) is 6.42 Å². The Kier molecular flexibility index (Phi) is 14.7. The number of carbonyl (C=O) groups excluding carboxylic acids is 1. The van der Waals surface area contributed by atoms with Crippen molar-refractivity contribution in [2.24, 2.45) is 0 Å². The van der Waals surface area contributed by atoms with E-state index < -0.39 is 12.6 Å². The zero-order valence-electron chi connectivity index (χ0n) is 8.30. The van der Waals surface area contributed by atoms with Gasteiger partial charge in [-0.1, -0.05) is 19.8 Å². The van der Waals surface area contributed by atoms with Crippen LogP contribution in [0, 0.1) is 0 Å². The topological polar surface area (TPSA) is 46.5 Å².